The lowest BCUT2D eigenvalue weighted by molar-refractivity contribution is 0.0582. The molecule has 0 aromatic heterocycles. The van der Waals surface area contributed by atoms with E-state index in [1.54, 1.807) is 68.1 Å². The number of amides is 6. The molecule has 0 aliphatic carbocycles. The number of hydrogen-bond acceptors (Lipinski definition) is 7. The summed E-state index contributed by atoms with van der Waals surface area (Å²) >= 11 is 0. The van der Waals surface area contributed by atoms with Crippen LogP contribution in [0.4, 0.5) is 29.7 Å². The minimum atomic E-state index is -0.568. The van der Waals surface area contributed by atoms with E-state index >= 15 is 0 Å². The van der Waals surface area contributed by atoms with Crippen LogP contribution in [0.5, 0.6) is 0 Å². The van der Waals surface area contributed by atoms with Crippen molar-refractivity contribution in [3.05, 3.63) is 131 Å². The van der Waals surface area contributed by atoms with Gasteiger partial charge in [0.25, 0.3) is 11.8 Å². The highest BCUT2D eigenvalue weighted by Gasteiger charge is 2.28. The summed E-state index contributed by atoms with van der Waals surface area (Å²) in [6, 6.07) is 23.9. The van der Waals surface area contributed by atoms with Crippen molar-refractivity contribution in [1.29, 1.82) is 0 Å². The van der Waals surface area contributed by atoms with Crippen molar-refractivity contribution in [3.63, 3.8) is 0 Å². The van der Waals surface area contributed by atoms with Gasteiger partial charge in [-0.3, -0.25) is 9.59 Å². The molecule has 4 aromatic carbocycles. The lowest BCUT2D eigenvalue weighted by Crippen LogP contribution is -2.51. The highest BCUT2D eigenvalue weighted by atomic mass is 19.1. The lowest BCUT2D eigenvalue weighted by Gasteiger charge is -2.35. The molecule has 6 rings (SSSR count). The number of piperazine rings is 2. The predicted octanol–water partition coefficient (Wildman–Crippen LogP) is 4.91. The first-order valence-corrected chi connectivity index (χ1v) is 17.2. The number of nitrogens with one attached hydrogen (secondary N) is 2. The molecule has 2 aliphatic rings. The third-order valence-electron chi connectivity index (χ3n) is 8.88. The molecule has 6 amide bonds. The SMILES string of the molecule is COC(=O)c1ccccc1C(=O)N1CCN(C(=O)Nc2ccc(F)cc2)CC1.O=C(Nc1ccc(F)cc1)N1CCN(C(=O)c2ccccc2CO)CC1. The van der Waals surface area contributed by atoms with E-state index in [1.807, 2.05) is 0 Å². The monoisotopic (exact) mass is 742 g/mol. The second-order valence-corrected chi connectivity index (χ2v) is 12.3. The van der Waals surface area contributed by atoms with Crippen molar-refractivity contribution in [2.45, 2.75) is 6.61 Å². The lowest BCUT2D eigenvalue weighted by atomic mass is 10.1. The Balaban J connectivity index is 0.000000208. The van der Waals surface area contributed by atoms with Gasteiger partial charge in [0.1, 0.15) is 11.6 Å². The van der Waals surface area contributed by atoms with E-state index in [9.17, 15) is 37.9 Å². The maximum atomic E-state index is 12.9. The van der Waals surface area contributed by atoms with Crippen LogP contribution in [0.1, 0.15) is 36.6 Å². The Morgan fingerprint density at radius 2 is 0.926 bits per heavy atom. The van der Waals surface area contributed by atoms with Crippen molar-refractivity contribution in [2.24, 2.45) is 0 Å². The summed E-state index contributed by atoms with van der Waals surface area (Å²) in [5.74, 6) is -1.73. The van der Waals surface area contributed by atoms with Gasteiger partial charge in [-0.05, 0) is 72.3 Å². The number of nitrogens with zero attached hydrogens (tertiary/aromatic N) is 4. The van der Waals surface area contributed by atoms with Crippen molar-refractivity contribution >= 4 is 41.2 Å². The van der Waals surface area contributed by atoms with Gasteiger partial charge < -0.3 is 40.1 Å². The molecule has 2 heterocycles. The number of aliphatic hydroxyl groups is 1. The van der Waals surface area contributed by atoms with Gasteiger partial charge in [-0.15, -0.1) is 0 Å². The molecule has 0 saturated carbocycles. The van der Waals surface area contributed by atoms with E-state index in [0.29, 0.717) is 74.9 Å². The number of aliphatic hydroxyl groups excluding tert-OH is 1. The van der Waals surface area contributed by atoms with Crippen molar-refractivity contribution < 1.29 is 42.6 Å². The number of anilines is 2. The number of methoxy groups -OCH3 is 1. The van der Waals surface area contributed by atoms with E-state index in [0.717, 1.165) is 0 Å². The van der Waals surface area contributed by atoms with Gasteiger partial charge in [0.05, 0.1) is 24.8 Å². The predicted molar refractivity (Wildman–Crippen MR) is 196 cm³/mol. The normalized spacial score (nSPS) is 14.0. The fourth-order valence-corrected chi connectivity index (χ4v) is 5.86. The van der Waals surface area contributed by atoms with E-state index in [4.69, 9.17) is 4.74 Å². The summed E-state index contributed by atoms with van der Waals surface area (Å²) < 4.78 is 30.6. The molecule has 15 heteroatoms. The van der Waals surface area contributed by atoms with Crippen LogP contribution in [0.2, 0.25) is 0 Å². The van der Waals surface area contributed by atoms with Gasteiger partial charge in [-0.25, -0.2) is 23.2 Å². The largest absolute Gasteiger partial charge is 0.465 e. The van der Waals surface area contributed by atoms with Crippen molar-refractivity contribution in [2.75, 3.05) is 70.1 Å². The highest BCUT2D eigenvalue weighted by molar-refractivity contribution is 6.05. The average Bonchev–Trinajstić information content (AvgIpc) is 3.22. The summed E-state index contributed by atoms with van der Waals surface area (Å²) in [4.78, 5) is 68.4. The first-order valence-electron chi connectivity index (χ1n) is 17.2. The van der Waals surface area contributed by atoms with Gasteiger partial charge in [-0.2, -0.15) is 0 Å². The van der Waals surface area contributed by atoms with Crippen LogP contribution in [0.3, 0.4) is 0 Å². The second kappa shape index (κ2) is 18.4. The zero-order valence-electron chi connectivity index (χ0n) is 29.5. The van der Waals surface area contributed by atoms with Crippen LogP contribution in [-0.4, -0.2) is 114 Å². The van der Waals surface area contributed by atoms with Crippen molar-refractivity contribution in [1.82, 2.24) is 19.6 Å². The number of halogens is 2. The smallest absolute Gasteiger partial charge is 0.338 e. The first-order chi connectivity index (χ1) is 26.1. The molecule has 54 heavy (non-hydrogen) atoms. The molecule has 282 valence electrons. The molecule has 3 N–H and O–H groups in total. The zero-order chi connectivity index (χ0) is 38.6. The minimum Gasteiger partial charge on any atom is -0.465 e. The van der Waals surface area contributed by atoms with Gasteiger partial charge in [0.2, 0.25) is 0 Å². The van der Waals surface area contributed by atoms with Crippen LogP contribution < -0.4 is 10.6 Å². The van der Waals surface area contributed by atoms with E-state index in [2.05, 4.69) is 10.6 Å². The molecule has 0 bridgehead atoms. The summed E-state index contributed by atoms with van der Waals surface area (Å²) in [6.45, 7) is 2.81. The molecule has 4 aromatic rings. The molecule has 0 spiro atoms. The molecule has 0 unspecified atom stereocenters. The fourth-order valence-electron chi connectivity index (χ4n) is 5.86. The standard InChI is InChI=1S/C20H20FN3O4.C19H20FN3O3/c1-28-19(26)17-5-3-2-4-16(17)18(25)23-10-12-24(13-11-23)20(27)22-15-8-6-14(21)7-9-15;20-15-5-7-16(8-6-15)21-19(26)23-11-9-22(10-12-23)18(25)17-4-2-1-3-14(17)13-24/h2-9H,10-13H2,1H3,(H,22,27);1-8,24H,9-13H2,(H,21,26). The Morgan fingerprint density at radius 1 is 0.556 bits per heavy atom. The number of esters is 1. The number of carbonyl (C=O) groups excluding carboxylic acids is 5. The molecule has 2 fully saturated rings. The van der Waals surface area contributed by atoms with E-state index in [1.165, 1.54) is 55.6 Å². The van der Waals surface area contributed by atoms with Crippen LogP contribution in [0, 0.1) is 11.6 Å². The van der Waals surface area contributed by atoms with Gasteiger partial charge in [-0.1, -0.05) is 30.3 Å². The van der Waals surface area contributed by atoms with E-state index in [-0.39, 0.29) is 53.2 Å². The Kier molecular flexibility index (Phi) is 13.3. The Morgan fingerprint density at radius 3 is 1.35 bits per heavy atom. The second-order valence-electron chi connectivity index (χ2n) is 12.3. The zero-order valence-corrected chi connectivity index (χ0v) is 29.5. The number of carbonyl (C=O) groups is 5. The third-order valence-corrected chi connectivity index (χ3v) is 8.88. The highest BCUT2D eigenvalue weighted by Crippen LogP contribution is 2.18. The summed E-state index contributed by atoms with van der Waals surface area (Å²) in [6.07, 6.45) is 0. The Bertz CT molecular complexity index is 1950. The Hall–Kier alpha value is -6.35. The quantitative estimate of drug-likeness (QED) is 0.238. The molecular weight excluding hydrogens is 702 g/mol. The number of rotatable bonds is 6. The molecule has 0 radical (unpaired) electrons. The number of ether oxygens (including phenoxy) is 1. The molecule has 2 saturated heterocycles. The molecule has 2 aliphatic heterocycles. The molecule has 0 atom stereocenters. The van der Waals surface area contributed by atoms with Crippen molar-refractivity contribution in [3.8, 4) is 0 Å². The summed E-state index contributed by atoms with van der Waals surface area (Å²) in [5, 5.41) is 14.8. The minimum absolute atomic E-state index is 0.145. The maximum absolute atomic E-state index is 12.9. The van der Waals surface area contributed by atoms with Gasteiger partial charge in [0, 0.05) is 69.3 Å². The van der Waals surface area contributed by atoms with Gasteiger partial charge in [0.15, 0.2) is 0 Å². The van der Waals surface area contributed by atoms with Crippen LogP contribution in [0.25, 0.3) is 0 Å². The Labute approximate surface area is 310 Å². The summed E-state index contributed by atoms with van der Waals surface area (Å²) in [5.41, 5.74) is 2.59. The number of hydrogen-bond donors (Lipinski definition) is 3. The molecule has 13 nitrogen and oxygen atoms in total. The number of urea groups is 2. The number of benzene rings is 4. The molecular formula is C39H40F2N6O7. The van der Waals surface area contributed by atoms with E-state index < -0.39 is 5.97 Å². The summed E-state index contributed by atoms with van der Waals surface area (Å²) in [7, 11) is 1.27. The third kappa shape index (κ3) is 9.95. The topological polar surface area (TPSA) is 152 Å². The average molecular weight is 743 g/mol. The maximum Gasteiger partial charge on any atom is 0.338 e. The van der Waals surface area contributed by atoms with Crippen LogP contribution in [-0.2, 0) is 11.3 Å². The van der Waals surface area contributed by atoms with Gasteiger partial charge >= 0.3 is 18.0 Å². The fraction of sp³-hybridized carbons (Fsp3) is 0.256. The van der Waals surface area contributed by atoms with Crippen LogP contribution in [0.15, 0.2) is 97.1 Å². The first kappa shape index (κ1) is 38.9. The van der Waals surface area contributed by atoms with Crippen LogP contribution >= 0.6 is 0 Å².